The topological polar surface area (TPSA) is 78.8 Å². The second-order valence-corrected chi connectivity index (χ2v) is 4.36. The lowest BCUT2D eigenvalue weighted by molar-refractivity contribution is 0.386. The molecule has 0 spiro atoms. The minimum Gasteiger partial charge on any atom is -0.494 e. The summed E-state index contributed by atoms with van der Waals surface area (Å²) in [5.41, 5.74) is 7.60. The summed E-state index contributed by atoms with van der Waals surface area (Å²) in [5, 5.41) is 11.5. The number of tetrazole rings is 1. The maximum atomic E-state index is 13.8. The predicted molar refractivity (Wildman–Crippen MR) is 75.5 cm³/mol. The molecule has 0 aliphatic carbocycles. The SMILES string of the molecule is COc1ccc(-n2nnnc2-c2cccc(N)c2)cc1F. The maximum absolute atomic E-state index is 13.8. The average molecular weight is 285 g/mol. The van der Waals surface area contributed by atoms with Crippen LogP contribution < -0.4 is 10.5 Å². The van der Waals surface area contributed by atoms with Gasteiger partial charge in [-0.3, -0.25) is 0 Å². The number of aromatic nitrogens is 4. The highest BCUT2D eigenvalue weighted by atomic mass is 19.1. The summed E-state index contributed by atoms with van der Waals surface area (Å²) in [7, 11) is 1.41. The first-order valence-electron chi connectivity index (χ1n) is 6.17. The molecule has 0 amide bonds. The lowest BCUT2D eigenvalue weighted by atomic mass is 10.2. The van der Waals surface area contributed by atoms with Crippen LogP contribution >= 0.6 is 0 Å². The fourth-order valence-electron chi connectivity index (χ4n) is 2.01. The lowest BCUT2D eigenvalue weighted by Crippen LogP contribution is -2.01. The van der Waals surface area contributed by atoms with Crippen LogP contribution in [0.4, 0.5) is 10.1 Å². The minimum absolute atomic E-state index is 0.164. The van der Waals surface area contributed by atoms with Crippen LogP contribution in [0.1, 0.15) is 0 Å². The molecule has 0 atom stereocenters. The normalized spacial score (nSPS) is 10.6. The average Bonchev–Trinajstić information content (AvgIpc) is 2.96. The number of rotatable bonds is 3. The van der Waals surface area contributed by atoms with Gasteiger partial charge in [0.2, 0.25) is 0 Å². The largest absolute Gasteiger partial charge is 0.494 e. The number of methoxy groups -OCH3 is 1. The summed E-state index contributed by atoms with van der Waals surface area (Å²) in [6.07, 6.45) is 0. The van der Waals surface area contributed by atoms with Crippen LogP contribution in [0.15, 0.2) is 42.5 Å². The standard InChI is InChI=1S/C14H12FN5O/c1-21-13-6-5-11(8-12(13)15)20-14(17-18-19-20)9-3-2-4-10(16)7-9/h2-8H,16H2,1H3. The van der Waals surface area contributed by atoms with Gasteiger partial charge in [-0.15, -0.1) is 5.10 Å². The Balaban J connectivity index is 2.09. The third kappa shape index (κ3) is 2.40. The van der Waals surface area contributed by atoms with Gasteiger partial charge < -0.3 is 10.5 Å². The smallest absolute Gasteiger partial charge is 0.187 e. The first kappa shape index (κ1) is 13.0. The van der Waals surface area contributed by atoms with E-state index in [-0.39, 0.29) is 5.75 Å². The molecular formula is C14H12FN5O. The molecule has 0 aliphatic rings. The number of nitrogen functional groups attached to an aromatic ring is 1. The molecule has 2 N–H and O–H groups in total. The van der Waals surface area contributed by atoms with E-state index in [1.165, 1.54) is 23.9 Å². The monoisotopic (exact) mass is 285 g/mol. The molecule has 21 heavy (non-hydrogen) atoms. The van der Waals surface area contributed by atoms with E-state index in [0.717, 1.165) is 5.56 Å². The summed E-state index contributed by atoms with van der Waals surface area (Å²) >= 11 is 0. The molecule has 1 aromatic heterocycles. The zero-order chi connectivity index (χ0) is 14.8. The van der Waals surface area contributed by atoms with Gasteiger partial charge in [0.15, 0.2) is 17.4 Å². The molecule has 0 aliphatic heterocycles. The van der Waals surface area contributed by atoms with E-state index in [1.807, 2.05) is 6.07 Å². The number of halogens is 1. The number of nitrogens with zero attached hydrogens (tertiary/aromatic N) is 4. The highest BCUT2D eigenvalue weighted by Crippen LogP contribution is 2.24. The van der Waals surface area contributed by atoms with Gasteiger partial charge in [0, 0.05) is 17.3 Å². The molecule has 3 rings (SSSR count). The fraction of sp³-hybridized carbons (Fsp3) is 0.0714. The van der Waals surface area contributed by atoms with Crippen molar-refractivity contribution >= 4 is 5.69 Å². The Kier molecular flexibility index (Phi) is 3.23. The number of ether oxygens (including phenoxy) is 1. The van der Waals surface area contributed by atoms with Crippen molar-refractivity contribution in [2.75, 3.05) is 12.8 Å². The number of nitrogens with two attached hydrogens (primary N) is 1. The molecule has 7 heteroatoms. The first-order valence-corrected chi connectivity index (χ1v) is 6.17. The van der Waals surface area contributed by atoms with Crippen molar-refractivity contribution in [2.45, 2.75) is 0 Å². The van der Waals surface area contributed by atoms with Crippen LogP contribution in [0.2, 0.25) is 0 Å². The third-order valence-electron chi connectivity index (χ3n) is 2.99. The molecule has 2 aromatic carbocycles. The number of hydrogen-bond acceptors (Lipinski definition) is 5. The van der Waals surface area contributed by atoms with Crippen LogP contribution in [0.25, 0.3) is 17.1 Å². The van der Waals surface area contributed by atoms with Gasteiger partial charge in [0.05, 0.1) is 12.8 Å². The van der Waals surface area contributed by atoms with Crippen molar-refractivity contribution < 1.29 is 9.13 Å². The van der Waals surface area contributed by atoms with Gasteiger partial charge in [0.25, 0.3) is 0 Å². The first-order chi connectivity index (χ1) is 10.2. The Labute approximate surface area is 120 Å². The van der Waals surface area contributed by atoms with Gasteiger partial charge >= 0.3 is 0 Å². The summed E-state index contributed by atoms with van der Waals surface area (Å²) in [5.74, 6) is 0.160. The van der Waals surface area contributed by atoms with E-state index in [0.29, 0.717) is 17.2 Å². The number of anilines is 1. The quantitative estimate of drug-likeness (QED) is 0.745. The van der Waals surface area contributed by atoms with Crippen molar-refractivity contribution in [1.82, 2.24) is 20.2 Å². The Morgan fingerprint density at radius 2 is 2.05 bits per heavy atom. The highest BCUT2D eigenvalue weighted by Gasteiger charge is 2.13. The summed E-state index contributed by atoms with van der Waals surface area (Å²) in [4.78, 5) is 0. The fourth-order valence-corrected chi connectivity index (χ4v) is 2.01. The summed E-state index contributed by atoms with van der Waals surface area (Å²) in [6.45, 7) is 0. The van der Waals surface area contributed by atoms with Crippen molar-refractivity contribution in [3.63, 3.8) is 0 Å². The Hall–Kier alpha value is -2.96. The zero-order valence-electron chi connectivity index (χ0n) is 11.2. The highest BCUT2D eigenvalue weighted by molar-refractivity contribution is 5.62. The Bertz CT molecular complexity index is 787. The molecule has 0 radical (unpaired) electrons. The molecule has 0 unspecified atom stereocenters. The second kappa shape index (κ2) is 5.20. The van der Waals surface area contributed by atoms with Gasteiger partial charge in [-0.25, -0.2) is 4.39 Å². The van der Waals surface area contributed by atoms with E-state index < -0.39 is 5.82 Å². The maximum Gasteiger partial charge on any atom is 0.187 e. The zero-order valence-corrected chi connectivity index (χ0v) is 11.2. The molecule has 6 nitrogen and oxygen atoms in total. The second-order valence-electron chi connectivity index (χ2n) is 4.36. The van der Waals surface area contributed by atoms with Crippen molar-refractivity contribution in [2.24, 2.45) is 0 Å². The van der Waals surface area contributed by atoms with Gasteiger partial charge in [-0.05, 0) is 34.7 Å². The van der Waals surface area contributed by atoms with E-state index in [2.05, 4.69) is 15.5 Å². The molecule has 0 bridgehead atoms. The summed E-state index contributed by atoms with van der Waals surface area (Å²) in [6, 6.07) is 11.7. The molecule has 1 heterocycles. The summed E-state index contributed by atoms with van der Waals surface area (Å²) < 4.78 is 20.2. The lowest BCUT2D eigenvalue weighted by Gasteiger charge is -2.07. The third-order valence-corrected chi connectivity index (χ3v) is 2.99. The van der Waals surface area contributed by atoms with Crippen LogP contribution in [-0.4, -0.2) is 27.3 Å². The Morgan fingerprint density at radius 1 is 1.19 bits per heavy atom. The Morgan fingerprint density at radius 3 is 2.76 bits per heavy atom. The van der Waals surface area contributed by atoms with E-state index >= 15 is 0 Å². The van der Waals surface area contributed by atoms with Crippen LogP contribution in [-0.2, 0) is 0 Å². The van der Waals surface area contributed by atoms with Crippen LogP contribution in [0, 0.1) is 5.82 Å². The molecular weight excluding hydrogens is 273 g/mol. The van der Waals surface area contributed by atoms with Crippen LogP contribution in [0.5, 0.6) is 5.75 Å². The van der Waals surface area contributed by atoms with Crippen molar-refractivity contribution in [3.05, 3.63) is 48.3 Å². The van der Waals surface area contributed by atoms with E-state index in [1.54, 1.807) is 24.3 Å². The molecule has 0 saturated carbocycles. The number of benzene rings is 2. The number of hydrogen-bond donors (Lipinski definition) is 1. The van der Waals surface area contributed by atoms with Crippen LogP contribution in [0.3, 0.4) is 0 Å². The molecule has 0 fully saturated rings. The van der Waals surface area contributed by atoms with E-state index in [4.69, 9.17) is 10.5 Å². The van der Waals surface area contributed by atoms with Gasteiger partial charge in [-0.2, -0.15) is 4.68 Å². The minimum atomic E-state index is -0.482. The molecule has 106 valence electrons. The molecule has 0 saturated heterocycles. The van der Waals surface area contributed by atoms with Crippen molar-refractivity contribution in [1.29, 1.82) is 0 Å². The van der Waals surface area contributed by atoms with E-state index in [9.17, 15) is 4.39 Å². The van der Waals surface area contributed by atoms with Gasteiger partial charge in [0.1, 0.15) is 0 Å². The molecule has 3 aromatic rings. The van der Waals surface area contributed by atoms with Gasteiger partial charge in [-0.1, -0.05) is 12.1 Å². The predicted octanol–water partition coefficient (Wildman–Crippen LogP) is 2.06. The van der Waals surface area contributed by atoms with Crippen molar-refractivity contribution in [3.8, 4) is 22.8 Å².